The summed E-state index contributed by atoms with van der Waals surface area (Å²) in [7, 11) is 3.42. The molecule has 0 radical (unpaired) electrons. The predicted molar refractivity (Wildman–Crippen MR) is 117 cm³/mol. The minimum absolute atomic E-state index is 0.0262. The van der Waals surface area contributed by atoms with Crippen LogP contribution in [-0.4, -0.2) is 61.7 Å². The predicted octanol–water partition coefficient (Wildman–Crippen LogP) is 1.53. The Hall–Kier alpha value is -3.40. The highest BCUT2D eigenvalue weighted by atomic mass is 19.1. The van der Waals surface area contributed by atoms with Gasteiger partial charge in [-0.25, -0.2) is 14.2 Å². The number of nitrogens with zero attached hydrogens (tertiary/aromatic N) is 6. The third kappa shape index (κ3) is 3.50. The maximum absolute atomic E-state index is 14.9. The van der Waals surface area contributed by atoms with Gasteiger partial charge < -0.3 is 15.3 Å². The van der Waals surface area contributed by atoms with E-state index in [2.05, 4.69) is 25.5 Å². The van der Waals surface area contributed by atoms with Crippen molar-refractivity contribution in [3.63, 3.8) is 0 Å². The zero-order valence-corrected chi connectivity index (χ0v) is 17.8. The van der Waals surface area contributed by atoms with E-state index in [-0.39, 0.29) is 29.6 Å². The highest BCUT2D eigenvalue weighted by Gasteiger charge is 2.46. The summed E-state index contributed by atoms with van der Waals surface area (Å²) in [6, 6.07) is 8.13. The Morgan fingerprint density at radius 2 is 2.06 bits per heavy atom. The van der Waals surface area contributed by atoms with Gasteiger partial charge in [0.25, 0.3) is 0 Å². The van der Waals surface area contributed by atoms with Crippen molar-refractivity contribution in [3.8, 4) is 28.4 Å². The van der Waals surface area contributed by atoms with Crippen LogP contribution in [0.2, 0.25) is 0 Å². The first-order valence-electron chi connectivity index (χ1n) is 10.6. The van der Waals surface area contributed by atoms with Gasteiger partial charge in [0, 0.05) is 37.8 Å². The van der Waals surface area contributed by atoms with Crippen molar-refractivity contribution in [2.75, 3.05) is 18.5 Å². The van der Waals surface area contributed by atoms with Crippen LogP contribution in [0.5, 0.6) is 5.75 Å². The molecule has 2 N–H and O–H groups in total. The molecule has 2 saturated heterocycles. The number of anilines is 1. The van der Waals surface area contributed by atoms with Gasteiger partial charge in [-0.3, -0.25) is 4.57 Å². The molecule has 6 rings (SSSR count). The molecule has 3 fully saturated rings. The Bertz CT molecular complexity index is 1190. The summed E-state index contributed by atoms with van der Waals surface area (Å²) >= 11 is 0. The van der Waals surface area contributed by atoms with Gasteiger partial charge >= 0.3 is 5.69 Å². The van der Waals surface area contributed by atoms with Crippen LogP contribution in [0.4, 0.5) is 10.2 Å². The van der Waals surface area contributed by atoms with Crippen LogP contribution in [0.3, 0.4) is 0 Å². The molecule has 1 saturated carbocycles. The van der Waals surface area contributed by atoms with Crippen molar-refractivity contribution in [2.45, 2.75) is 31.1 Å². The van der Waals surface area contributed by atoms with Crippen LogP contribution in [0.15, 0.2) is 41.5 Å². The highest BCUT2D eigenvalue weighted by Crippen LogP contribution is 2.36. The summed E-state index contributed by atoms with van der Waals surface area (Å²) in [4.78, 5) is 21.7. The maximum atomic E-state index is 14.9. The van der Waals surface area contributed by atoms with E-state index in [0.717, 1.165) is 19.4 Å². The fraction of sp³-hybridized carbons (Fsp3) is 0.409. The van der Waals surface area contributed by atoms with E-state index in [1.54, 1.807) is 31.3 Å². The van der Waals surface area contributed by atoms with Gasteiger partial charge in [-0.2, -0.15) is 4.98 Å². The SMILES string of the molecule is CN(c1ccc(-c2ccc(-c3ncn(C)c(=O)n3)cc2O)nn1)[C@@H]1C2CCC(NC2)[C@@H]1F. The Kier molecular flexibility index (Phi) is 5.09. The minimum atomic E-state index is -0.942. The van der Waals surface area contributed by atoms with Gasteiger partial charge in [0.05, 0.1) is 11.7 Å². The fourth-order valence-electron chi connectivity index (χ4n) is 4.72. The van der Waals surface area contributed by atoms with Gasteiger partial charge in [0.1, 0.15) is 18.2 Å². The normalized spacial score (nSPS) is 24.5. The summed E-state index contributed by atoms with van der Waals surface area (Å²) in [6.07, 6.45) is 2.32. The number of nitrogens with one attached hydrogen (secondary N) is 1. The second kappa shape index (κ2) is 7.94. The highest BCUT2D eigenvalue weighted by molar-refractivity contribution is 5.72. The van der Waals surface area contributed by atoms with Crippen molar-refractivity contribution >= 4 is 5.82 Å². The first kappa shape index (κ1) is 20.5. The van der Waals surface area contributed by atoms with Crippen LogP contribution < -0.4 is 15.9 Å². The van der Waals surface area contributed by atoms with E-state index in [1.807, 2.05) is 11.9 Å². The molecule has 9 nitrogen and oxygen atoms in total. The molecule has 4 heterocycles. The van der Waals surface area contributed by atoms with Crippen molar-refractivity contribution in [3.05, 3.63) is 47.1 Å². The van der Waals surface area contributed by atoms with E-state index >= 15 is 0 Å². The second-order valence-corrected chi connectivity index (χ2v) is 8.48. The Balaban J connectivity index is 1.38. The van der Waals surface area contributed by atoms with E-state index in [9.17, 15) is 14.3 Å². The van der Waals surface area contributed by atoms with Gasteiger partial charge in [-0.05, 0) is 43.0 Å². The van der Waals surface area contributed by atoms with Crippen molar-refractivity contribution in [2.24, 2.45) is 13.0 Å². The van der Waals surface area contributed by atoms with E-state index in [4.69, 9.17) is 0 Å². The molecule has 32 heavy (non-hydrogen) atoms. The molecule has 166 valence electrons. The van der Waals surface area contributed by atoms with Crippen molar-refractivity contribution in [1.29, 1.82) is 0 Å². The second-order valence-electron chi connectivity index (χ2n) is 8.48. The number of fused-ring (bicyclic) bond motifs is 3. The fourth-order valence-corrected chi connectivity index (χ4v) is 4.72. The van der Waals surface area contributed by atoms with Gasteiger partial charge in [-0.15, -0.1) is 10.2 Å². The van der Waals surface area contributed by atoms with Gasteiger partial charge in [0.2, 0.25) is 0 Å². The number of rotatable bonds is 4. The lowest BCUT2D eigenvalue weighted by molar-refractivity contribution is 0.0702. The molecule has 10 heteroatoms. The molecule has 2 unspecified atom stereocenters. The average molecular weight is 437 g/mol. The smallest absolute Gasteiger partial charge is 0.350 e. The van der Waals surface area contributed by atoms with Gasteiger partial charge in [-0.1, -0.05) is 6.07 Å². The largest absolute Gasteiger partial charge is 0.507 e. The first-order chi connectivity index (χ1) is 15.4. The lowest BCUT2D eigenvalue weighted by atomic mass is 9.75. The molecule has 0 spiro atoms. The third-order valence-corrected chi connectivity index (χ3v) is 6.53. The minimum Gasteiger partial charge on any atom is -0.507 e. The lowest BCUT2D eigenvalue weighted by Crippen LogP contribution is -2.64. The number of benzene rings is 1. The first-order valence-corrected chi connectivity index (χ1v) is 10.6. The number of hydrogen-bond acceptors (Lipinski definition) is 8. The quantitative estimate of drug-likeness (QED) is 0.633. The van der Waals surface area contributed by atoms with Crippen molar-refractivity contribution < 1.29 is 9.50 Å². The number of hydrogen-bond donors (Lipinski definition) is 2. The molecular weight excluding hydrogens is 413 g/mol. The number of aromatic hydroxyl groups is 1. The van der Waals surface area contributed by atoms with Crippen LogP contribution >= 0.6 is 0 Å². The number of piperidine rings is 2. The van der Waals surface area contributed by atoms with Crippen LogP contribution in [-0.2, 0) is 7.05 Å². The summed E-state index contributed by atoms with van der Waals surface area (Å²) < 4.78 is 16.2. The number of halogens is 1. The number of phenols is 1. The molecule has 3 aliphatic rings. The van der Waals surface area contributed by atoms with Crippen molar-refractivity contribution in [1.82, 2.24) is 30.0 Å². The maximum Gasteiger partial charge on any atom is 0.350 e. The molecule has 2 aromatic heterocycles. The third-order valence-electron chi connectivity index (χ3n) is 6.53. The molecule has 1 aliphatic carbocycles. The molecule has 4 atom stereocenters. The summed E-state index contributed by atoms with van der Waals surface area (Å²) in [5, 5.41) is 22.4. The summed E-state index contributed by atoms with van der Waals surface area (Å²) in [6.45, 7) is 0.822. The monoisotopic (exact) mass is 437 g/mol. The standard InChI is InChI=1S/C22H24FN7O2/c1-29-11-25-21(26-22(29)32)12-3-5-14(17(31)9-12)15-7-8-18(28-27-15)30(2)20-13-4-6-16(19(20)23)24-10-13/h3,5,7-9,11,13,16,19-20,24,31H,4,6,10H2,1-2H3/t13?,16?,19-,20+/m0/s1. The molecule has 0 amide bonds. The van der Waals surface area contributed by atoms with Crippen LogP contribution in [0, 0.1) is 5.92 Å². The zero-order chi connectivity index (χ0) is 22.4. The van der Waals surface area contributed by atoms with Crippen LogP contribution in [0.1, 0.15) is 12.8 Å². The lowest BCUT2D eigenvalue weighted by Gasteiger charge is -2.49. The molecule has 1 aromatic carbocycles. The zero-order valence-electron chi connectivity index (χ0n) is 17.8. The Morgan fingerprint density at radius 1 is 1.22 bits per heavy atom. The van der Waals surface area contributed by atoms with Gasteiger partial charge in [0.15, 0.2) is 11.6 Å². The molecule has 3 aromatic rings. The number of phenolic OH excluding ortho intramolecular Hbond substituents is 1. The Labute approximate surface area is 184 Å². The Morgan fingerprint density at radius 3 is 2.69 bits per heavy atom. The summed E-state index contributed by atoms with van der Waals surface area (Å²) in [5.41, 5.74) is 1.06. The molecule has 2 aliphatic heterocycles. The number of aryl methyl sites for hydroxylation is 1. The molecule has 2 bridgehead atoms. The van der Waals surface area contributed by atoms with E-state index < -0.39 is 11.9 Å². The van der Waals surface area contributed by atoms with E-state index in [0.29, 0.717) is 22.6 Å². The number of aromatic nitrogens is 5. The number of alkyl halides is 1. The van der Waals surface area contributed by atoms with E-state index in [1.165, 1.54) is 17.0 Å². The van der Waals surface area contributed by atoms with Crippen LogP contribution in [0.25, 0.3) is 22.6 Å². The molecular formula is C22H24FN7O2. The summed E-state index contributed by atoms with van der Waals surface area (Å²) in [5.74, 6) is 1.05. The topological polar surface area (TPSA) is 109 Å². The average Bonchev–Trinajstić information content (AvgIpc) is 2.81.